The maximum atomic E-state index is 12.6. The van der Waals surface area contributed by atoms with Crippen LogP contribution in [0.25, 0.3) is 0 Å². The molecule has 1 aromatic heterocycles. The molecule has 0 bridgehead atoms. The number of rotatable bonds is 4. The third kappa shape index (κ3) is 3.86. The minimum absolute atomic E-state index is 0.0315. The van der Waals surface area contributed by atoms with Gasteiger partial charge in [-0.25, -0.2) is 4.79 Å². The molecule has 8 heteroatoms. The first-order valence-corrected chi connectivity index (χ1v) is 9.08. The number of aromatic nitrogens is 2. The van der Waals surface area contributed by atoms with Crippen LogP contribution < -0.4 is 0 Å². The molecule has 142 valence electrons. The lowest BCUT2D eigenvalue weighted by Gasteiger charge is -2.27. The lowest BCUT2D eigenvalue weighted by atomic mass is 10.1. The number of carbonyl (C=O) groups is 2. The highest BCUT2D eigenvalue weighted by molar-refractivity contribution is 5.92. The van der Waals surface area contributed by atoms with Crippen LogP contribution in [0.5, 0.6) is 0 Å². The molecule has 1 aromatic carbocycles. The van der Waals surface area contributed by atoms with Gasteiger partial charge in [-0.05, 0) is 23.8 Å². The van der Waals surface area contributed by atoms with E-state index in [0.29, 0.717) is 44.1 Å². The summed E-state index contributed by atoms with van der Waals surface area (Å²) in [7, 11) is 0. The number of carbonyl (C=O) groups excluding carboxylic acids is 1. The second-order valence-corrected chi connectivity index (χ2v) is 6.86. The SMILES string of the molecule is O=C(O)c1ccc(CN2CCn3nc(C(=O)N4CCOCC4)cc3C2)cc1. The zero-order valence-electron chi connectivity index (χ0n) is 15.0. The van der Waals surface area contributed by atoms with Crippen LogP contribution in [0.2, 0.25) is 0 Å². The lowest BCUT2D eigenvalue weighted by molar-refractivity contribution is 0.0298. The summed E-state index contributed by atoms with van der Waals surface area (Å²) in [6, 6.07) is 8.85. The summed E-state index contributed by atoms with van der Waals surface area (Å²) in [4.78, 5) is 27.6. The molecule has 2 aromatic rings. The van der Waals surface area contributed by atoms with Crippen molar-refractivity contribution in [1.82, 2.24) is 19.6 Å². The standard InChI is InChI=1S/C19H22N4O4/c24-18(22-7-9-27-10-8-22)17-11-16-13-21(5-6-23(16)20-17)12-14-1-3-15(4-2-14)19(25)26/h1-4,11H,5-10,12-13H2,(H,25,26). The van der Waals surface area contributed by atoms with Crippen molar-refractivity contribution in [2.75, 3.05) is 32.8 Å². The molecule has 27 heavy (non-hydrogen) atoms. The lowest BCUT2D eigenvalue weighted by Crippen LogP contribution is -2.40. The Bertz CT molecular complexity index is 840. The van der Waals surface area contributed by atoms with Gasteiger partial charge < -0.3 is 14.7 Å². The predicted octanol–water partition coefficient (Wildman–Crippen LogP) is 1.07. The molecule has 1 saturated heterocycles. The average Bonchev–Trinajstić information content (AvgIpc) is 3.12. The van der Waals surface area contributed by atoms with Crippen molar-refractivity contribution >= 4 is 11.9 Å². The van der Waals surface area contributed by atoms with Crippen LogP contribution in [0.3, 0.4) is 0 Å². The van der Waals surface area contributed by atoms with Crippen molar-refractivity contribution in [2.24, 2.45) is 0 Å². The quantitative estimate of drug-likeness (QED) is 0.866. The molecule has 4 rings (SSSR count). The Morgan fingerprint density at radius 3 is 2.52 bits per heavy atom. The van der Waals surface area contributed by atoms with E-state index in [2.05, 4.69) is 10.00 Å². The molecule has 0 saturated carbocycles. The van der Waals surface area contributed by atoms with Gasteiger partial charge in [0.25, 0.3) is 5.91 Å². The Morgan fingerprint density at radius 2 is 1.81 bits per heavy atom. The topological polar surface area (TPSA) is 87.9 Å². The largest absolute Gasteiger partial charge is 0.478 e. The van der Waals surface area contributed by atoms with Crippen molar-refractivity contribution < 1.29 is 19.4 Å². The monoisotopic (exact) mass is 370 g/mol. The highest BCUT2D eigenvalue weighted by atomic mass is 16.5. The summed E-state index contributed by atoms with van der Waals surface area (Å²) in [6.07, 6.45) is 0. The molecule has 1 amide bonds. The number of morpholine rings is 1. The van der Waals surface area contributed by atoms with E-state index in [1.165, 1.54) is 0 Å². The van der Waals surface area contributed by atoms with Gasteiger partial charge in [-0.15, -0.1) is 0 Å². The summed E-state index contributed by atoms with van der Waals surface area (Å²) >= 11 is 0. The molecule has 0 aliphatic carbocycles. The Labute approximate surface area is 156 Å². The fourth-order valence-electron chi connectivity index (χ4n) is 3.50. The normalized spacial score (nSPS) is 17.6. The average molecular weight is 370 g/mol. The van der Waals surface area contributed by atoms with Gasteiger partial charge in [-0.1, -0.05) is 12.1 Å². The summed E-state index contributed by atoms with van der Waals surface area (Å²) in [5, 5.41) is 13.5. The summed E-state index contributed by atoms with van der Waals surface area (Å²) < 4.78 is 7.21. The Morgan fingerprint density at radius 1 is 1.07 bits per heavy atom. The molecule has 0 spiro atoms. The van der Waals surface area contributed by atoms with Gasteiger partial charge in [0, 0.05) is 32.7 Å². The summed E-state index contributed by atoms with van der Waals surface area (Å²) in [6.45, 7) is 5.39. The number of carboxylic acids is 1. The van der Waals surface area contributed by atoms with E-state index in [0.717, 1.165) is 30.9 Å². The number of hydrogen-bond donors (Lipinski definition) is 1. The van der Waals surface area contributed by atoms with Gasteiger partial charge in [0.1, 0.15) is 0 Å². The highest BCUT2D eigenvalue weighted by Crippen LogP contribution is 2.18. The number of nitrogens with zero attached hydrogens (tertiary/aromatic N) is 4. The fraction of sp³-hybridized carbons (Fsp3) is 0.421. The second kappa shape index (κ2) is 7.50. The summed E-state index contributed by atoms with van der Waals surface area (Å²) in [5.41, 5.74) is 2.89. The van der Waals surface area contributed by atoms with Crippen LogP contribution in [-0.4, -0.2) is 69.4 Å². The fourth-order valence-corrected chi connectivity index (χ4v) is 3.50. The minimum atomic E-state index is -0.916. The highest BCUT2D eigenvalue weighted by Gasteiger charge is 2.25. The van der Waals surface area contributed by atoms with E-state index < -0.39 is 5.97 Å². The molecule has 1 fully saturated rings. The maximum absolute atomic E-state index is 12.6. The van der Waals surface area contributed by atoms with Gasteiger partial charge in [-0.3, -0.25) is 14.4 Å². The third-order valence-corrected chi connectivity index (χ3v) is 5.00. The molecule has 0 radical (unpaired) electrons. The Kier molecular flexibility index (Phi) is 4.91. The molecular weight excluding hydrogens is 348 g/mol. The Hall–Kier alpha value is -2.71. The molecular formula is C19H22N4O4. The molecule has 2 aliphatic heterocycles. The van der Waals surface area contributed by atoms with Crippen LogP contribution >= 0.6 is 0 Å². The smallest absolute Gasteiger partial charge is 0.335 e. The first-order chi connectivity index (χ1) is 13.1. The molecule has 3 heterocycles. The number of ether oxygens (including phenoxy) is 1. The summed E-state index contributed by atoms with van der Waals surface area (Å²) in [5.74, 6) is -0.947. The van der Waals surface area contributed by atoms with Crippen molar-refractivity contribution in [2.45, 2.75) is 19.6 Å². The van der Waals surface area contributed by atoms with Crippen LogP contribution in [0, 0.1) is 0 Å². The van der Waals surface area contributed by atoms with Crippen molar-refractivity contribution in [3.8, 4) is 0 Å². The molecule has 2 aliphatic rings. The number of carboxylic acid groups (broad SMARTS) is 1. The zero-order chi connectivity index (χ0) is 18.8. The predicted molar refractivity (Wildman–Crippen MR) is 96.5 cm³/mol. The van der Waals surface area contributed by atoms with Crippen molar-refractivity contribution in [3.05, 3.63) is 52.8 Å². The first kappa shape index (κ1) is 17.7. The molecule has 8 nitrogen and oxygen atoms in total. The van der Waals surface area contributed by atoms with Gasteiger partial charge in [0.2, 0.25) is 0 Å². The third-order valence-electron chi connectivity index (χ3n) is 5.00. The van der Waals surface area contributed by atoms with Gasteiger partial charge >= 0.3 is 5.97 Å². The van der Waals surface area contributed by atoms with E-state index in [1.54, 1.807) is 17.0 Å². The van der Waals surface area contributed by atoms with Crippen molar-refractivity contribution in [3.63, 3.8) is 0 Å². The van der Waals surface area contributed by atoms with E-state index in [1.807, 2.05) is 22.9 Å². The number of hydrogen-bond acceptors (Lipinski definition) is 5. The minimum Gasteiger partial charge on any atom is -0.478 e. The Balaban J connectivity index is 1.41. The molecule has 0 unspecified atom stereocenters. The van der Waals surface area contributed by atoms with Crippen molar-refractivity contribution in [1.29, 1.82) is 0 Å². The van der Waals surface area contributed by atoms with Crippen LogP contribution in [0.4, 0.5) is 0 Å². The van der Waals surface area contributed by atoms with E-state index in [9.17, 15) is 9.59 Å². The van der Waals surface area contributed by atoms with Crippen LogP contribution in [0.15, 0.2) is 30.3 Å². The van der Waals surface area contributed by atoms with E-state index >= 15 is 0 Å². The maximum Gasteiger partial charge on any atom is 0.335 e. The number of amides is 1. The second-order valence-electron chi connectivity index (χ2n) is 6.86. The first-order valence-electron chi connectivity index (χ1n) is 9.08. The molecule has 0 atom stereocenters. The van der Waals surface area contributed by atoms with Gasteiger partial charge in [0.15, 0.2) is 5.69 Å². The van der Waals surface area contributed by atoms with Gasteiger partial charge in [0.05, 0.1) is 31.0 Å². The number of benzene rings is 1. The van der Waals surface area contributed by atoms with Crippen LogP contribution in [-0.2, 0) is 24.4 Å². The number of fused-ring (bicyclic) bond motifs is 1. The number of aromatic carboxylic acids is 1. The van der Waals surface area contributed by atoms with E-state index in [-0.39, 0.29) is 5.91 Å². The van der Waals surface area contributed by atoms with E-state index in [4.69, 9.17) is 9.84 Å². The zero-order valence-corrected chi connectivity index (χ0v) is 15.0. The van der Waals surface area contributed by atoms with Gasteiger partial charge in [-0.2, -0.15) is 5.10 Å². The van der Waals surface area contributed by atoms with Crippen LogP contribution in [0.1, 0.15) is 32.1 Å². The molecule has 1 N–H and O–H groups in total.